The topological polar surface area (TPSA) is 29.1 Å². The number of rotatable bonds is 3. The van der Waals surface area contributed by atoms with Crippen molar-refractivity contribution in [3.05, 3.63) is 35.6 Å². The molecule has 2 nitrogen and oxygen atoms in total. The zero-order valence-corrected chi connectivity index (χ0v) is 9.25. The highest BCUT2D eigenvalue weighted by Crippen LogP contribution is 2.05. The first-order chi connectivity index (χ1) is 7.00. The zero-order chi connectivity index (χ0) is 11.4. The van der Waals surface area contributed by atoms with Crippen molar-refractivity contribution in [3.63, 3.8) is 0 Å². The van der Waals surface area contributed by atoms with E-state index in [-0.39, 0.29) is 17.8 Å². The summed E-state index contributed by atoms with van der Waals surface area (Å²) in [7, 11) is 0. The minimum atomic E-state index is -0.330. The summed E-state index contributed by atoms with van der Waals surface area (Å²) >= 11 is 0. The van der Waals surface area contributed by atoms with E-state index in [0.717, 1.165) is 0 Å². The SMILES string of the molecule is CC(C)C(C)NC(=O)c1ccc(F)cc1. The molecule has 1 aromatic carbocycles. The maximum absolute atomic E-state index is 12.6. The summed E-state index contributed by atoms with van der Waals surface area (Å²) < 4.78 is 12.6. The normalized spacial score (nSPS) is 12.6. The molecule has 0 radical (unpaired) electrons. The number of carbonyl (C=O) groups is 1. The van der Waals surface area contributed by atoms with E-state index in [4.69, 9.17) is 0 Å². The van der Waals surface area contributed by atoms with Crippen LogP contribution in [0.1, 0.15) is 31.1 Å². The third-order valence-corrected chi connectivity index (χ3v) is 2.47. The molecule has 0 saturated heterocycles. The van der Waals surface area contributed by atoms with E-state index >= 15 is 0 Å². The first-order valence-corrected chi connectivity index (χ1v) is 5.07. The van der Waals surface area contributed by atoms with Crippen LogP contribution in [-0.2, 0) is 0 Å². The average Bonchev–Trinajstić information content (AvgIpc) is 2.18. The molecule has 1 aromatic rings. The lowest BCUT2D eigenvalue weighted by atomic mass is 10.1. The van der Waals surface area contributed by atoms with Gasteiger partial charge >= 0.3 is 0 Å². The van der Waals surface area contributed by atoms with Crippen LogP contribution in [-0.4, -0.2) is 11.9 Å². The molecule has 1 rings (SSSR count). The van der Waals surface area contributed by atoms with Gasteiger partial charge in [0.2, 0.25) is 0 Å². The molecule has 0 aromatic heterocycles. The molecular weight excluding hydrogens is 193 g/mol. The van der Waals surface area contributed by atoms with Gasteiger partial charge in [0.25, 0.3) is 5.91 Å². The van der Waals surface area contributed by atoms with Crippen LogP contribution < -0.4 is 5.32 Å². The Morgan fingerprint density at radius 2 is 1.73 bits per heavy atom. The van der Waals surface area contributed by atoms with E-state index in [1.165, 1.54) is 24.3 Å². The second-order valence-corrected chi connectivity index (χ2v) is 4.01. The van der Waals surface area contributed by atoms with E-state index in [9.17, 15) is 9.18 Å². The van der Waals surface area contributed by atoms with Gasteiger partial charge in [0.15, 0.2) is 0 Å². The lowest BCUT2D eigenvalue weighted by Gasteiger charge is -2.17. The number of hydrogen-bond acceptors (Lipinski definition) is 1. The molecule has 3 heteroatoms. The van der Waals surface area contributed by atoms with Crippen LogP contribution in [0.3, 0.4) is 0 Å². The number of nitrogens with one attached hydrogen (secondary N) is 1. The van der Waals surface area contributed by atoms with Gasteiger partial charge in [-0.1, -0.05) is 13.8 Å². The van der Waals surface area contributed by atoms with Crippen LogP contribution in [0, 0.1) is 11.7 Å². The van der Waals surface area contributed by atoms with Crippen LogP contribution in [0.5, 0.6) is 0 Å². The first-order valence-electron chi connectivity index (χ1n) is 5.07. The summed E-state index contributed by atoms with van der Waals surface area (Å²) in [5.41, 5.74) is 0.490. The lowest BCUT2D eigenvalue weighted by molar-refractivity contribution is 0.0930. The van der Waals surface area contributed by atoms with Gasteiger partial charge in [-0.3, -0.25) is 4.79 Å². The molecular formula is C12H16FNO. The average molecular weight is 209 g/mol. The third kappa shape index (κ3) is 3.35. The second kappa shape index (κ2) is 4.91. The van der Waals surface area contributed by atoms with Gasteiger partial charge in [-0.2, -0.15) is 0 Å². The van der Waals surface area contributed by atoms with Crippen molar-refractivity contribution in [1.29, 1.82) is 0 Å². The van der Waals surface area contributed by atoms with Crippen LogP contribution in [0.15, 0.2) is 24.3 Å². The number of halogens is 1. The molecule has 0 fully saturated rings. The highest BCUT2D eigenvalue weighted by atomic mass is 19.1. The fourth-order valence-electron chi connectivity index (χ4n) is 1.06. The van der Waals surface area contributed by atoms with Gasteiger partial charge in [0.05, 0.1) is 0 Å². The number of benzene rings is 1. The van der Waals surface area contributed by atoms with Crippen molar-refractivity contribution >= 4 is 5.91 Å². The molecule has 1 unspecified atom stereocenters. The van der Waals surface area contributed by atoms with Gasteiger partial charge in [0.1, 0.15) is 5.82 Å². The van der Waals surface area contributed by atoms with Gasteiger partial charge < -0.3 is 5.32 Å². The minimum absolute atomic E-state index is 0.113. The summed E-state index contributed by atoms with van der Waals surface area (Å²) in [5.74, 6) is -0.103. The lowest BCUT2D eigenvalue weighted by Crippen LogP contribution is -2.36. The Kier molecular flexibility index (Phi) is 3.83. The van der Waals surface area contributed by atoms with E-state index in [2.05, 4.69) is 5.32 Å². The van der Waals surface area contributed by atoms with Gasteiger partial charge in [-0.25, -0.2) is 4.39 Å². The molecule has 1 N–H and O–H groups in total. The molecule has 15 heavy (non-hydrogen) atoms. The van der Waals surface area contributed by atoms with E-state index in [1.54, 1.807) is 0 Å². The van der Waals surface area contributed by atoms with Crippen molar-refractivity contribution in [3.8, 4) is 0 Å². The van der Waals surface area contributed by atoms with Gasteiger partial charge in [0, 0.05) is 11.6 Å². The molecule has 0 aliphatic carbocycles. The fraction of sp³-hybridized carbons (Fsp3) is 0.417. The molecule has 0 aliphatic heterocycles. The summed E-state index contributed by atoms with van der Waals surface area (Å²) in [4.78, 5) is 11.6. The van der Waals surface area contributed by atoms with E-state index in [1.807, 2.05) is 20.8 Å². The van der Waals surface area contributed by atoms with Crippen molar-refractivity contribution in [2.75, 3.05) is 0 Å². The molecule has 82 valence electrons. The smallest absolute Gasteiger partial charge is 0.251 e. The van der Waals surface area contributed by atoms with Crippen LogP contribution in [0.2, 0.25) is 0 Å². The Bertz CT molecular complexity index is 332. The largest absolute Gasteiger partial charge is 0.349 e. The van der Waals surface area contributed by atoms with Crippen LogP contribution in [0.25, 0.3) is 0 Å². The molecule has 0 spiro atoms. The fourth-order valence-corrected chi connectivity index (χ4v) is 1.06. The minimum Gasteiger partial charge on any atom is -0.349 e. The zero-order valence-electron chi connectivity index (χ0n) is 9.25. The van der Waals surface area contributed by atoms with Crippen molar-refractivity contribution in [2.24, 2.45) is 5.92 Å². The Morgan fingerprint density at radius 3 is 2.20 bits per heavy atom. The maximum atomic E-state index is 12.6. The van der Waals surface area contributed by atoms with Crippen molar-refractivity contribution in [2.45, 2.75) is 26.8 Å². The summed E-state index contributed by atoms with van der Waals surface area (Å²) in [6, 6.07) is 5.65. The van der Waals surface area contributed by atoms with Crippen LogP contribution in [0.4, 0.5) is 4.39 Å². The van der Waals surface area contributed by atoms with Gasteiger partial charge in [-0.05, 0) is 37.1 Å². The highest BCUT2D eigenvalue weighted by molar-refractivity contribution is 5.94. The van der Waals surface area contributed by atoms with Crippen LogP contribution >= 0.6 is 0 Å². The molecule has 1 atom stereocenters. The molecule has 0 saturated carbocycles. The Labute approximate surface area is 89.5 Å². The monoisotopic (exact) mass is 209 g/mol. The summed E-state index contributed by atoms with van der Waals surface area (Å²) in [5, 5.41) is 2.85. The third-order valence-electron chi connectivity index (χ3n) is 2.47. The van der Waals surface area contributed by atoms with E-state index < -0.39 is 0 Å². The maximum Gasteiger partial charge on any atom is 0.251 e. The number of hydrogen-bond donors (Lipinski definition) is 1. The Balaban J connectivity index is 2.65. The van der Waals surface area contributed by atoms with E-state index in [0.29, 0.717) is 11.5 Å². The predicted molar refractivity (Wildman–Crippen MR) is 58.2 cm³/mol. The molecule has 1 amide bonds. The molecule has 0 heterocycles. The Morgan fingerprint density at radius 1 is 1.20 bits per heavy atom. The summed E-state index contributed by atoms with van der Waals surface area (Å²) in [6.07, 6.45) is 0. The number of carbonyl (C=O) groups excluding carboxylic acids is 1. The summed E-state index contributed by atoms with van der Waals surface area (Å²) in [6.45, 7) is 6.03. The predicted octanol–water partition coefficient (Wildman–Crippen LogP) is 2.60. The molecule has 0 bridgehead atoms. The highest BCUT2D eigenvalue weighted by Gasteiger charge is 2.11. The first kappa shape index (κ1) is 11.7. The standard InChI is InChI=1S/C12H16FNO/c1-8(2)9(3)14-12(15)10-4-6-11(13)7-5-10/h4-9H,1-3H3,(H,14,15). The second-order valence-electron chi connectivity index (χ2n) is 4.01. The van der Waals surface area contributed by atoms with Crippen molar-refractivity contribution in [1.82, 2.24) is 5.32 Å². The van der Waals surface area contributed by atoms with Crippen molar-refractivity contribution < 1.29 is 9.18 Å². The number of amides is 1. The van der Waals surface area contributed by atoms with Gasteiger partial charge in [-0.15, -0.1) is 0 Å². The Hall–Kier alpha value is -1.38. The molecule has 0 aliphatic rings. The quantitative estimate of drug-likeness (QED) is 0.814.